The second kappa shape index (κ2) is 7.56. The number of hydrogen-bond donors (Lipinski definition) is 2. The van der Waals surface area contributed by atoms with Crippen LogP contribution in [0.3, 0.4) is 0 Å². The minimum atomic E-state index is -3.72. The number of rotatable bonds is 8. The zero-order chi connectivity index (χ0) is 14.3. The summed E-state index contributed by atoms with van der Waals surface area (Å²) in [4.78, 5) is 5.05. The Morgan fingerprint density at radius 3 is 2.84 bits per heavy atom. The highest BCUT2D eigenvalue weighted by Crippen LogP contribution is 2.23. The van der Waals surface area contributed by atoms with Crippen LogP contribution in [0.2, 0.25) is 0 Å². The molecule has 7 heteroatoms. The van der Waals surface area contributed by atoms with Crippen molar-refractivity contribution in [2.24, 2.45) is 0 Å². The van der Waals surface area contributed by atoms with Gasteiger partial charge in [-0.2, -0.15) is 13.9 Å². The summed E-state index contributed by atoms with van der Waals surface area (Å²) in [6.07, 6.45) is 4.98. The normalized spacial score (nSPS) is 17.6. The maximum Gasteiger partial charge on any atom is 0.294 e. The van der Waals surface area contributed by atoms with Gasteiger partial charge in [-0.1, -0.05) is 17.7 Å². The highest BCUT2D eigenvalue weighted by atomic mass is 32.2. The van der Waals surface area contributed by atoms with Crippen LogP contribution in [-0.2, 0) is 19.1 Å². The Bertz CT molecular complexity index is 467. The lowest BCUT2D eigenvalue weighted by atomic mass is 10.1. The molecule has 0 radical (unpaired) electrons. The van der Waals surface area contributed by atoms with Crippen LogP contribution >= 0.6 is 0 Å². The Balaban J connectivity index is 2.34. The van der Waals surface area contributed by atoms with Crippen LogP contribution in [0.4, 0.5) is 0 Å². The van der Waals surface area contributed by atoms with Crippen molar-refractivity contribution in [1.29, 1.82) is 0 Å². The zero-order valence-corrected chi connectivity index (χ0v) is 11.6. The lowest BCUT2D eigenvalue weighted by Crippen LogP contribution is -2.26. The van der Waals surface area contributed by atoms with Crippen LogP contribution < -0.4 is 5.48 Å². The van der Waals surface area contributed by atoms with Gasteiger partial charge in [-0.15, -0.1) is 6.58 Å². The van der Waals surface area contributed by atoms with Gasteiger partial charge in [0.2, 0.25) is 0 Å². The molecular weight excluding hydrogens is 270 g/mol. The van der Waals surface area contributed by atoms with Gasteiger partial charge in [-0.25, -0.2) is 4.18 Å². The van der Waals surface area contributed by atoms with E-state index in [0.717, 1.165) is 5.57 Å². The Kier molecular flexibility index (Phi) is 6.40. The van der Waals surface area contributed by atoms with Gasteiger partial charge in [-0.3, -0.25) is 4.84 Å². The molecule has 0 saturated heterocycles. The van der Waals surface area contributed by atoms with Crippen molar-refractivity contribution in [3.63, 3.8) is 0 Å². The van der Waals surface area contributed by atoms with Crippen LogP contribution in [0.25, 0.3) is 0 Å². The van der Waals surface area contributed by atoms with Crippen molar-refractivity contribution in [1.82, 2.24) is 5.48 Å². The van der Waals surface area contributed by atoms with Crippen molar-refractivity contribution in [3.05, 3.63) is 35.3 Å². The molecule has 2 N–H and O–H groups in total. The van der Waals surface area contributed by atoms with Gasteiger partial charge in [0.25, 0.3) is 10.1 Å². The van der Waals surface area contributed by atoms with Crippen molar-refractivity contribution in [3.8, 4) is 0 Å². The van der Waals surface area contributed by atoms with Crippen molar-refractivity contribution in [2.45, 2.75) is 25.9 Å². The van der Waals surface area contributed by atoms with E-state index < -0.39 is 16.2 Å². The summed E-state index contributed by atoms with van der Waals surface area (Å²) < 4.78 is 28.3. The van der Waals surface area contributed by atoms with Gasteiger partial charge >= 0.3 is 0 Å². The molecule has 1 aliphatic carbocycles. The minimum absolute atomic E-state index is 0.0302. The smallest absolute Gasteiger partial charge is 0.294 e. The third-order valence-corrected chi connectivity index (χ3v) is 3.95. The first-order valence-electron chi connectivity index (χ1n) is 5.86. The van der Waals surface area contributed by atoms with Gasteiger partial charge in [-0.05, 0) is 25.8 Å². The zero-order valence-electron chi connectivity index (χ0n) is 10.8. The second-order valence-electron chi connectivity index (χ2n) is 4.12. The van der Waals surface area contributed by atoms with E-state index in [1.165, 1.54) is 6.08 Å². The van der Waals surface area contributed by atoms with Crippen LogP contribution in [0, 0.1) is 0 Å². The van der Waals surface area contributed by atoms with Gasteiger partial charge in [0.05, 0.1) is 17.6 Å². The maximum atomic E-state index is 11.8. The first kappa shape index (κ1) is 16.1. The van der Waals surface area contributed by atoms with E-state index in [-0.39, 0.29) is 18.2 Å². The van der Waals surface area contributed by atoms with Gasteiger partial charge in [0, 0.05) is 0 Å². The van der Waals surface area contributed by atoms with E-state index in [9.17, 15) is 8.42 Å². The molecule has 0 aromatic heterocycles. The number of allylic oxidation sites excluding steroid dienone is 4. The van der Waals surface area contributed by atoms with Crippen molar-refractivity contribution in [2.75, 3.05) is 13.3 Å². The molecule has 108 valence electrons. The lowest BCUT2D eigenvalue weighted by molar-refractivity contribution is -0.0286. The predicted molar refractivity (Wildman–Crippen MR) is 71.2 cm³/mol. The highest BCUT2D eigenvalue weighted by Gasteiger charge is 2.19. The van der Waals surface area contributed by atoms with E-state index in [1.54, 1.807) is 12.2 Å². The Labute approximate surface area is 113 Å². The monoisotopic (exact) mass is 289 g/mol. The first-order chi connectivity index (χ1) is 8.95. The summed E-state index contributed by atoms with van der Waals surface area (Å²) in [7, 11) is -3.72. The summed E-state index contributed by atoms with van der Waals surface area (Å²) in [5, 5.41) is 9.09. The van der Waals surface area contributed by atoms with E-state index in [2.05, 4.69) is 12.1 Å². The third kappa shape index (κ3) is 5.66. The van der Waals surface area contributed by atoms with Crippen LogP contribution in [-0.4, -0.2) is 33.0 Å². The van der Waals surface area contributed by atoms with Crippen molar-refractivity contribution < 1.29 is 22.5 Å². The molecule has 0 aliphatic heterocycles. The number of aliphatic hydroxyl groups excluding tert-OH is 1. The largest absolute Gasteiger partial charge is 0.387 e. The molecule has 0 saturated carbocycles. The Morgan fingerprint density at radius 2 is 2.26 bits per heavy atom. The third-order valence-electron chi connectivity index (χ3n) is 2.54. The molecule has 1 unspecified atom stereocenters. The lowest BCUT2D eigenvalue weighted by Gasteiger charge is -2.13. The SMILES string of the molecule is C=CC(O)CONCOS(=O)(=O)C1=CC=C(C)CC1. The number of aliphatic hydroxyl groups is 1. The quantitative estimate of drug-likeness (QED) is 0.228. The molecule has 1 rings (SSSR count). The topological polar surface area (TPSA) is 84.9 Å². The number of nitrogens with one attached hydrogen (secondary N) is 1. The van der Waals surface area contributed by atoms with Gasteiger partial charge in [0.15, 0.2) is 0 Å². The van der Waals surface area contributed by atoms with E-state index in [4.69, 9.17) is 14.1 Å². The maximum absolute atomic E-state index is 11.8. The highest BCUT2D eigenvalue weighted by molar-refractivity contribution is 7.90. The minimum Gasteiger partial charge on any atom is -0.387 e. The summed E-state index contributed by atoms with van der Waals surface area (Å²) in [5.74, 6) is 0. The molecule has 0 aromatic rings. The molecule has 0 spiro atoms. The van der Waals surface area contributed by atoms with Gasteiger partial charge < -0.3 is 5.11 Å². The molecule has 0 fully saturated rings. The van der Waals surface area contributed by atoms with E-state index in [0.29, 0.717) is 12.8 Å². The average molecular weight is 289 g/mol. The summed E-state index contributed by atoms with van der Waals surface area (Å²) in [5.41, 5.74) is 3.44. The number of hydroxylamine groups is 1. The Hall–Kier alpha value is -0.990. The van der Waals surface area contributed by atoms with Gasteiger partial charge in [0.1, 0.15) is 6.73 Å². The summed E-state index contributed by atoms with van der Waals surface area (Å²) in [6.45, 7) is 4.97. The van der Waals surface area contributed by atoms with Crippen LogP contribution in [0.1, 0.15) is 19.8 Å². The van der Waals surface area contributed by atoms with Crippen LogP contribution in [0.15, 0.2) is 35.3 Å². The molecule has 6 nitrogen and oxygen atoms in total. The molecule has 0 heterocycles. The Morgan fingerprint density at radius 1 is 1.53 bits per heavy atom. The molecule has 19 heavy (non-hydrogen) atoms. The fourth-order valence-electron chi connectivity index (χ4n) is 1.36. The molecular formula is C12H19NO5S. The standard InChI is InChI=1S/C12H19NO5S/c1-3-11(14)8-17-13-9-18-19(15,16)12-6-4-10(2)5-7-12/h3-4,6,11,13-14H,1,5,7-9H2,2H3. The second-order valence-corrected chi connectivity index (χ2v) is 5.79. The average Bonchev–Trinajstić information content (AvgIpc) is 2.38. The fourth-order valence-corrected chi connectivity index (χ4v) is 2.30. The van der Waals surface area contributed by atoms with Crippen molar-refractivity contribution >= 4 is 10.1 Å². The molecule has 1 aliphatic rings. The molecule has 1 atom stereocenters. The predicted octanol–water partition coefficient (Wildman–Crippen LogP) is 0.982. The first-order valence-corrected chi connectivity index (χ1v) is 7.27. The molecule has 0 aromatic carbocycles. The summed E-state index contributed by atoms with van der Waals surface area (Å²) in [6, 6.07) is 0. The number of hydrogen-bond acceptors (Lipinski definition) is 6. The van der Waals surface area contributed by atoms with E-state index >= 15 is 0 Å². The molecule has 0 bridgehead atoms. The fraction of sp³-hybridized carbons (Fsp3) is 0.500. The van der Waals surface area contributed by atoms with Crippen LogP contribution in [0.5, 0.6) is 0 Å². The van der Waals surface area contributed by atoms with E-state index in [1.807, 2.05) is 6.92 Å². The molecule has 0 amide bonds. The summed E-state index contributed by atoms with van der Waals surface area (Å²) >= 11 is 0.